The molecule has 1 rings (SSSR count). The first-order chi connectivity index (χ1) is 4.74. The van der Waals surface area contributed by atoms with E-state index in [-0.39, 0.29) is 12.1 Å². The molecular formula is C7H16N2O. The van der Waals surface area contributed by atoms with Crippen LogP contribution >= 0.6 is 0 Å². The Morgan fingerprint density at radius 2 is 2.30 bits per heavy atom. The van der Waals surface area contributed by atoms with Gasteiger partial charge in [0.05, 0.1) is 6.10 Å². The summed E-state index contributed by atoms with van der Waals surface area (Å²) in [7, 11) is 3.82. The van der Waals surface area contributed by atoms with E-state index in [1.54, 1.807) is 7.11 Å². The summed E-state index contributed by atoms with van der Waals surface area (Å²) >= 11 is 0. The van der Waals surface area contributed by atoms with Gasteiger partial charge in [-0.05, 0) is 13.5 Å². The lowest BCUT2D eigenvalue weighted by atomic mass is 10.0. The van der Waals surface area contributed by atoms with Gasteiger partial charge in [-0.3, -0.25) is 0 Å². The highest BCUT2D eigenvalue weighted by atomic mass is 16.5. The number of nitrogens with two attached hydrogens (primary N) is 1. The van der Waals surface area contributed by atoms with Crippen molar-refractivity contribution in [1.82, 2.24) is 4.90 Å². The van der Waals surface area contributed by atoms with Gasteiger partial charge in [0.2, 0.25) is 0 Å². The van der Waals surface area contributed by atoms with Gasteiger partial charge in [0.25, 0.3) is 0 Å². The van der Waals surface area contributed by atoms with E-state index in [9.17, 15) is 0 Å². The van der Waals surface area contributed by atoms with Crippen molar-refractivity contribution in [3.63, 3.8) is 0 Å². The van der Waals surface area contributed by atoms with E-state index in [1.807, 2.05) is 0 Å². The largest absolute Gasteiger partial charge is 0.380 e. The zero-order valence-corrected chi connectivity index (χ0v) is 6.71. The topological polar surface area (TPSA) is 38.5 Å². The van der Waals surface area contributed by atoms with Gasteiger partial charge in [-0.1, -0.05) is 0 Å². The summed E-state index contributed by atoms with van der Waals surface area (Å²) < 4.78 is 5.20. The third-order valence-corrected chi connectivity index (χ3v) is 2.10. The molecule has 0 aromatic heterocycles. The van der Waals surface area contributed by atoms with Crippen LogP contribution in [0.4, 0.5) is 0 Å². The van der Waals surface area contributed by atoms with E-state index in [1.165, 1.54) is 0 Å². The van der Waals surface area contributed by atoms with Crippen LogP contribution in [0.25, 0.3) is 0 Å². The SMILES string of the molecule is CO[C@@H]1CCN(C)C[C@@H]1N. The Morgan fingerprint density at radius 3 is 2.80 bits per heavy atom. The number of nitrogens with zero attached hydrogens (tertiary/aromatic N) is 1. The van der Waals surface area contributed by atoms with Crippen LogP contribution in [0.3, 0.4) is 0 Å². The van der Waals surface area contributed by atoms with Crippen molar-refractivity contribution >= 4 is 0 Å². The third-order valence-electron chi connectivity index (χ3n) is 2.10. The van der Waals surface area contributed by atoms with Crippen LogP contribution in [0.2, 0.25) is 0 Å². The maximum atomic E-state index is 5.81. The van der Waals surface area contributed by atoms with Crippen LogP contribution in [-0.4, -0.2) is 44.3 Å². The lowest BCUT2D eigenvalue weighted by Gasteiger charge is -2.33. The second-order valence-corrected chi connectivity index (χ2v) is 2.99. The number of methoxy groups -OCH3 is 1. The molecule has 0 amide bonds. The summed E-state index contributed by atoms with van der Waals surface area (Å²) in [5.41, 5.74) is 5.81. The molecule has 1 heterocycles. The lowest BCUT2D eigenvalue weighted by molar-refractivity contribution is 0.0316. The van der Waals surface area contributed by atoms with Crippen LogP contribution in [0.15, 0.2) is 0 Å². The highest BCUT2D eigenvalue weighted by molar-refractivity contribution is 4.81. The van der Waals surface area contributed by atoms with Crippen molar-refractivity contribution in [2.24, 2.45) is 5.73 Å². The molecule has 1 saturated heterocycles. The van der Waals surface area contributed by atoms with Gasteiger partial charge in [0.1, 0.15) is 0 Å². The van der Waals surface area contributed by atoms with E-state index < -0.39 is 0 Å². The Balaban J connectivity index is 2.36. The molecule has 0 spiro atoms. The van der Waals surface area contributed by atoms with Crippen molar-refractivity contribution in [2.75, 3.05) is 27.2 Å². The first-order valence-corrected chi connectivity index (χ1v) is 3.71. The molecule has 0 aromatic rings. The van der Waals surface area contributed by atoms with Crippen LogP contribution < -0.4 is 5.73 Å². The highest BCUT2D eigenvalue weighted by Crippen LogP contribution is 2.09. The normalized spacial score (nSPS) is 36.3. The molecule has 0 bridgehead atoms. The van der Waals surface area contributed by atoms with Gasteiger partial charge < -0.3 is 15.4 Å². The monoisotopic (exact) mass is 144 g/mol. The van der Waals surface area contributed by atoms with E-state index in [4.69, 9.17) is 10.5 Å². The van der Waals surface area contributed by atoms with Crippen molar-refractivity contribution in [3.8, 4) is 0 Å². The number of rotatable bonds is 1. The van der Waals surface area contributed by atoms with Crippen LogP contribution in [0.5, 0.6) is 0 Å². The number of hydrogen-bond acceptors (Lipinski definition) is 3. The third kappa shape index (κ3) is 1.68. The fourth-order valence-electron chi connectivity index (χ4n) is 1.42. The number of piperidine rings is 1. The summed E-state index contributed by atoms with van der Waals surface area (Å²) in [5, 5.41) is 0. The maximum absolute atomic E-state index is 5.81. The van der Waals surface area contributed by atoms with Crippen LogP contribution in [0.1, 0.15) is 6.42 Å². The van der Waals surface area contributed by atoms with Crippen molar-refractivity contribution in [1.29, 1.82) is 0 Å². The van der Waals surface area contributed by atoms with Crippen molar-refractivity contribution < 1.29 is 4.74 Å². The molecule has 0 radical (unpaired) electrons. The van der Waals surface area contributed by atoms with E-state index in [0.717, 1.165) is 19.5 Å². The van der Waals surface area contributed by atoms with Gasteiger partial charge in [-0.2, -0.15) is 0 Å². The van der Waals surface area contributed by atoms with Crippen molar-refractivity contribution in [3.05, 3.63) is 0 Å². The predicted molar refractivity (Wildman–Crippen MR) is 40.9 cm³/mol. The van der Waals surface area contributed by atoms with E-state index >= 15 is 0 Å². The number of hydrogen-bond donors (Lipinski definition) is 1. The van der Waals surface area contributed by atoms with Gasteiger partial charge in [0.15, 0.2) is 0 Å². The molecule has 0 aromatic carbocycles. The van der Waals surface area contributed by atoms with Gasteiger partial charge >= 0.3 is 0 Å². The lowest BCUT2D eigenvalue weighted by Crippen LogP contribution is -2.50. The molecule has 1 aliphatic rings. The zero-order chi connectivity index (χ0) is 7.56. The molecule has 1 aliphatic heterocycles. The quantitative estimate of drug-likeness (QED) is 0.547. The molecule has 10 heavy (non-hydrogen) atoms. The van der Waals surface area contributed by atoms with E-state index in [2.05, 4.69) is 11.9 Å². The fourth-order valence-corrected chi connectivity index (χ4v) is 1.42. The van der Waals surface area contributed by atoms with Crippen molar-refractivity contribution in [2.45, 2.75) is 18.6 Å². The molecule has 3 heteroatoms. The standard InChI is InChI=1S/C7H16N2O/c1-9-4-3-7(10-2)6(8)5-9/h6-7H,3-5,8H2,1-2H3/t6-,7+/m0/s1. The molecule has 0 saturated carbocycles. The van der Waals surface area contributed by atoms with Gasteiger partial charge in [-0.25, -0.2) is 0 Å². The Hall–Kier alpha value is -0.120. The molecule has 0 aliphatic carbocycles. The predicted octanol–water partition coefficient (Wildman–Crippen LogP) is -0.336. The molecule has 60 valence electrons. The first kappa shape index (κ1) is 7.98. The smallest absolute Gasteiger partial charge is 0.0746 e. The minimum Gasteiger partial charge on any atom is -0.380 e. The molecule has 3 nitrogen and oxygen atoms in total. The second kappa shape index (κ2) is 3.32. The number of likely N-dealkylation sites (N-methyl/N-ethyl adjacent to an activating group) is 1. The Kier molecular flexibility index (Phi) is 2.65. The molecule has 2 atom stereocenters. The Labute approximate surface area is 62.1 Å². The number of likely N-dealkylation sites (tertiary alicyclic amines) is 1. The Morgan fingerprint density at radius 1 is 1.60 bits per heavy atom. The molecule has 0 unspecified atom stereocenters. The fraction of sp³-hybridized carbons (Fsp3) is 1.00. The summed E-state index contributed by atoms with van der Waals surface area (Å²) in [6.07, 6.45) is 1.34. The zero-order valence-electron chi connectivity index (χ0n) is 6.71. The minimum atomic E-state index is 0.198. The first-order valence-electron chi connectivity index (χ1n) is 3.71. The van der Waals surface area contributed by atoms with Crippen LogP contribution in [-0.2, 0) is 4.74 Å². The maximum Gasteiger partial charge on any atom is 0.0746 e. The molecule has 2 N–H and O–H groups in total. The summed E-state index contributed by atoms with van der Waals surface area (Å²) in [5.74, 6) is 0. The second-order valence-electron chi connectivity index (χ2n) is 2.99. The average Bonchev–Trinajstić information content (AvgIpc) is 1.88. The number of ether oxygens (including phenoxy) is 1. The minimum absolute atomic E-state index is 0.198. The van der Waals surface area contributed by atoms with Crippen LogP contribution in [0, 0.1) is 0 Å². The summed E-state index contributed by atoms with van der Waals surface area (Å²) in [6.45, 7) is 2.06. The Bertz CT molecular complexity index is 108. The average molecular weight is 144 g/mol. The highest BCUT2D eigenvalue weighted by Gasteiger charge is 2.23. The summed E-state index contributed by atoms with van der Waals surface area (Å²) in [4.78, 5) is 2.24. The van der Waals surface area contributed by atoms with Gasteiger partial charge in [0, 0.05) is 26.2 Å². The summed E-state index contributed by atoms with van der Waals surface area (Å²) in [6, 6.07) is 0.198. The molecule has 1 fully saturated rings. The van der Waals surface area contributed by atoms with Gasteiger partial charge in [-0.15, -0.1) is 0 Å². The molecular weight excluding hydrogens is 128 g/mol. The van der Waals surface area contributed by atoms with E-state index in [0.29, 0.717) is 0 Å².